The zero-order valence-corrected chi connectivity index (χ0v) is 14.0. The second-order valence-corrected chi connectivity index (χ2v) is 7.12. The first-order valence-corrected chi connectivity index (χ1v) is 9.05. The van der Waals surface area contributed by atoms with Crippen LogP contribution in [-0.4, -0.2) is 23.3 Å². The second kappa shape index (κ2) is 8.28. The smallest absolute Gasteiger partial charge is 0.110 e. The Morgan fingerprint density at radius 1 is 1.47 bits per heavy atom. The Balaban J connectivity index is 1.74. The third-order valence-corrected chi connectivity index (χ3v) is 5.71. The molecular formula is C15H23BrN2S. The van der Waals surface area contributed by atoms with E-state index in [4.69, 9.17) is 0 Å². The molecule has 2 rings (SSSR count). The average Bonchev–Trinajstić information content (AvgIpc) is 2.86. The third kappa shape index (κ3) is 4.76. The van der Waals surface area contributed by atoms with E-state index in [1.165, 1.54) is 44.4 Å². The van der Waals surface area contributed by atoms with Crippen molar-refractivity contribution in [2.24, 2.45) is 5.92 Å². The molecule has 1 aromatic heterocycles. The SMILES string of the molecule is CCCNC1CCCC1CCSc1ncccc1Br. The van der Waals surface area contributed by atoms with E-state index in [9.17, 15) is 0 Å². The average molecular weight is 343 g/mol. The van der Waals surface area contributed by atoms with E-state index in [2.05, 4.69) is 39.2 Å². The molecule has 1 aliphatic rings. The molecule has 1 aliphatic carbocycles. The number of pyridine rings is 1. The number of hydrogen-bond donors (Lipinski definition) is 1. The van der Waals surface area contributed by atoms with Gasteiger partial charge in [0, 0.05) is 16.7 Å². The molecule has 0 aliphatic heterocycles. The molecule has 0 bridgehead atoms. The topological polar surface area (TPSA) is 24.9 Å². The highest BCUT2D eigenvalue weighted by molar-refractivity contribution is 9.10. The van der Waals surface area contributed by atoms with Gasteiger partial charge in [-0.3, -0.25) is 0 Å². The number of hydrogen-bond acceptors (Lipinski definition) is 3. The Hall–Kier alpha value is -0.0600. The number of rotatable bonds is 7. The molecule has 19 heavy (non-hydrogen) atoms. The summed E-state index contributed by atoms with van der Waals surface area (Å²) in [4.78, 5) is 4.41. The van der Waals surface area contributed by atoms with Gasteiger partial charge in [0.15, 0.2) is 0 Å². The molecule has 2 atom stereocenters. The van der Waals surface area contributed by atoms with E-state index in [0.717, 1.165) is 21.5 Å². The molecule has 0 aromatic carbocycles. The molecule has 2 unspecified atom stereocenters. The Bertz CT molecular complexity index is 386. The van der Waals surface area contributed by atoms with Crippen molar-refractivity contribution in [2.75, 3.05) is 12.3 Å². The maximum Gasteiger partial charge on any atom is 0.110 e. The minimum atomic E-state index is 0.757. The zero-order chi connectivity index (χ0) is 13.5. The Morgan fingerprint density at radius 3 is 3.16 bits per heavy atom. The van der Waals surface area contributed by atoms with E-state index in [-0.39, 0.29) is 0 Å². The van der Waals surface area contributed by atoms with Gasteiger partial charge in [-0.25, -0.2) is 4.98 Å². The largest absolute Gasteiger partial charge is 0.314 e. The fourth-order valence-electron chi connectivity index (χ4n) is 2.77. The van der Waals surface area contributed by atoms with Gasteiger partial charge < -0.3 is 5.32 Å². The molecular weight excluding hydrogens is 320 g/mol. The molecule has 4 heteroatoms. The van der Waals surface area contributed by atoms with Crippen LogP contribution >= 0.6 is 27.7 Å². The van der Waals surface area contributed by atoms with Crippen molar-refractivity contribution in [1.82, 2.24) is 10.3 Å². The lowest BCUT2D eigenvalue weighted by Crippen LogP contribution is -2.33. The van der Waals surface area contributed by atoms with Gasteiger partial charge in [-0.05, 0) is 72.0 Å². The van der Waals surface area contributed by atoms with E-state index in [1.807, 2.05) is 24.0 Å². The van der Waals surface area contributed by atoms with Gasteiger partial charge in [-0.15, -0.1) is 11.8 Å². The molecule has 1 fully saturated rings. The van der Waals surface area contributed by atoms with Gasteiger partial charge in [0.2, 0.25) is 0 Å². The van der Waals surface area contributed by atoms with Crippen molar-refractivity contribution in [1.29, 1.82) is 0 Å². The Kier molecular flexibility index (Phi) is 6.68. The lowest BCUT2D eigenvalue weighted by molar-refractivity contribution is 0.393. The van der Waals surface area contributed by atoms with Gasteiger partial charge in [0.05, 0.1) is 0 Å². The fraction of sp³-hybridized carbons (Fsp3) is 0.667. The summed E-state index contributed by atoms with van der Waals surface area (Å²) in [6, 6.07) is 4.79. The minimum Gasteiger partial charge on any atom is -0.314 e. The van der Waals surface area contributed by atoms with Crippen LogP contribution in [0.3, 0.4) is 0 Å². The van der Waals surface area contributed by atoms with Crippen LogP contribution in [0.2, 0.25) is 0 Å². The van der Waals surface area contributed by atoms with Crippen molar-refractivity contribution in [3.05, 3.63) is 22.8 Å². The number of nitrogens with one attached hydrogen (secondary N) is 1. The zero-order valence-electron chi connectivity index (χ0n) is 11.6. The first kappa shape index (κ1) is 15.3. The van der Waals surface area contributed by atoms with Crippen LogP contribution in [-0.2, 0) is 0 Å². The predicted octanol–water partition coefficient (Wildman–Crippen LogP) is 4.49. The summed E-state index contributed by atoms with van der Waals surface area (Å²) in [5.74, 6) is 2.03. The molecule has 0 spiro atoms. The number of thioether (sulfide) groups is 1. The van der Waals surface area contributed by atoms with Crippen molar-refractivity contribution in [3.63, 3.8) is 0 Å². The molecule has 1 aromatic rings. The summed E-state index contributed by atoms with van der Waals surface area (Å²) in [6.07, 6.45) is 8.56. The van der Waals surface area contributed by atoms with E-state index < -0.39 is 0 Å². The van der Waals surface area contributed by atoms with E-state index >= 15 is 0 Å². The van der Waals surface area contributed by atoms with Crippen LogP contribution in [0.15, 0.2) is 27.8 Å². The summed E-state index contributed by atoms with van der Waals surface area (Å²) in [5.41, 5.74) is 0. The maximum atomic E-state index is 4.41. The predicted molar refractivity (Wildman–Crippen MR) is 86.7 cm³/mol. The molecule has 0 amide bonds. The van der Waals surface area contributed by atoms with E-state index in [1.54, 1.807) is 0 Å². The molecule has 1 saturated carbocycles. The lowest BCUT2D eigenvalue weighted by Gasteiger charge is -2.20. The van der Waals surface area contributed by atoms with Crippen molar-refractivity contribution in [2.45, 2.75) is 50.1 Å². The first-order chi connectivity index (χ1) is 9.31. The van der Waals surface area contributed by atoms with Crippen LogP contribution in [0, 0.1) is 5.92 Å². The lowest BCUT2D eigenvalue weighted by atomic mass is 10.0. The third-order valence-electron chi connectivity index (χ3n) is 3.77. The van der Waals surface area contributed by atoms with Crippen LogP contribution in [0.1, 0.15) is 39.0 Å². The highest BCUT2D eigenvalue weighted by atomic mass is 79.9. The number of nitrogens with zero attached hydrogens (tertiary/aromatic N) is 1. The normalized spacial score (nSPS) is 22.8. The molecule has 0 radical (unpaired) electrons. The second-order valence-electron chi connectivity index (χ2n) is 5.18. The van der Waals surface area contributed by atoms with Crippen LogP contribution < -0.4 is 5.32 Å². The summed E-state index contributed by atoms with van der Waals surface area (Å²) in [5, 5.41) is 4.83. The summed E-state index contributed by atoms with van der Waals surface area (Å²) in [6.45, 7) is 3.41. The first-order valence-electron chi connectivity index (χ1n) is 7.28. The summed E-state index contributed by atoms with van der Waals surface area (Å²) >= 11 is 5.43. The van der Waals surface area contributed by atoms with Crippen LogP contribution in [0.4, 0.5) is 0 Å². The number of halogens is 1. The van der Waals surface area contributed by atoms with Gasteiger partial charge in [0.1, 0.15) is 5.03 Å². The molecule has 2 nitrogen and oxygen atoms in total. The van der Waals surface area contributed by atoms with Gasteiger partial charge in [-0.1, -0.05) is 13.3 Å². The fourth-order valence-corrected chi connectivity index (χ4v) is 4.32. The highest BCUT2D eigenvalue weighted by Gasteiger charge is 2.26. The Labute approximate surface area is 129 Å². The van der Waals surface area contributed by atoms with Gasteiger partial charge in [-0.2, -0.15) is 0 Å². The number of aromatic nitrogens is 1. The maximum absolute atomic E-state index is 4.41. The molecule has 1 N–H and O–H groups in total. The van der Waals surface area contributed by atoms with Crippen molar-refractivity contribution >= 4 is 27.7 Å². The van der Waals surface area contributed by atoms with Gasteiger partial charge in [0.25, 0.3) is 0 Å². The van der Waals surface area contributed by atoms with Crippen LogP contribution in [0.25, 0.3) is 0 Å². The standard InChI is InChI=1S/C15H23BrN2S/c1-2-9-17-14-7-3-5-12(14)8-11-19-15-13(16)6-4-10-18-15/h4,6,10,12,14,17H,2-3,5,7-9,11H2,1H3. The molecule has 1 heterocycles. The summed E-state index contributed by atoms with van der Waals surface area (Å²) < 4.78 is 1.12. The quantitative estimate of drug-likeness (QED) is 0.738. The van der Waals surface area contributed by atoms with Gasteiger partial charge >= 0.3 is 0 Å². The Morgan fingerprint density at radius 2 is 2.37 bits per heavy atom. The molecule has 106 valence electrons. The highest BCUT2D eigenvalue weighted by Crippen LogP contribution is 2.32. The van der Waals surface area contributed by atoms with Crippen molar-refractivity contribution < 1.29 is 0 Å². The summed E-state index contributed by atoms with van der Waals surface area (Å²) in [7, 11) is 0. The van der Waals surface area contributed by atoms with Crippen molar-refractivity contribution in [3.8, 4) is 0 Å². The molecule has 0 saturated heterocycles. The monoisotopic (exact) mass is 342 g/mol. The minimum absolute atomic E-state index is 0.757. The van der Waals surface area contributed by atoms with Crippen LogP contribution in [0.5, 0.6) is 0 Å². The van der Waals surface area contributed by atoms with E-state index in [0.29, 0.717) is 0 Å².